The summed E-state index contributed by atoms with van der Waals surface area (Å²) in [6.45, 7) is -0.121. The van der Waals surface area contributed by atoms with E-state index < -0.39 is 43.5 Å². The summed E-state index contributed by atoms with van der Waals surface area (Å²) >= 11 is 5.55. The first-order valence-electron chi connectivity index (χ1n) is 8.67. The largest absolute Gasteiger partial charge is 0.417 e. The molecule has 0 unspecified atom stereocenters. The lowest BCUT2D eigenvalue weighted by Gasteiger charge is -2.34. The predicted octanol–water partition coefficient (Wildman–Crippen LogP) is 4.04. The van der Waals surface area contributed by atoms with Crippen molar-refractivity contribution in [1.29, 1.82) is 0 Å². The number of urea groups is 1. The number of amides is 2. The average Bonchev–Trinajstić information content (AvgIpc) is 2.69. The van der Waals surface area contributed by atoms with E-state index in [0.29, 0.717) is 11.8 Å². The second kappa shape index (κ2) is 8.40. The smallest absolute Gasteiger partial charge is 0.322 e. The van der Waals surface area contributed by atoms with Gasteiger partial charge >= 0.3 is 12.2 Å². The molecule has 2 amide bonds. The molecule has 1 aliphatic heterocycles. The Bertz CT molecular complexity index is 1040. The van der Waals surface area contributed by atoms with E-state index in [4.69, 9.17) is 11.6 Å². The van der Waals surface area contributed by atoms with E-state index in [1.165, 1.54) is 29.2 Å². The summed E-state index contributed by atoms with van der Waals surface area (Å²) < 4.78 is 78.5. The van der Waals surface area contributed by atoms with Gasteiger partial charge in [-0.25, -0.2) is 17.6 Å². The van der Waals surface area contributed by atoms with E-state index in [1.807, 2.05) is 0 Å². The Morgan fingerprint density at radius 1 is 1.00 bits per heavy atom. The predicted molar refractivity (Wildman–Crippen MR) is 102 cm³/mol. The molecule has 0 aromatic heterocycles. The topological polar surface area (TPSA) is 69.7 Å². The second-order valence-electron chi connectivity index (χ2n) is 6.47. The van der Waals surface area contributed by atoms with Crippen LogP contribution in [0.4, 0.5) is 28.0 Å². The van der Waals surface area contributed by atoms with Gasteiger partial charge < -0.3 is 10.2 Å². The van der Waals surface area contributed by atoms with E-state index in [9.17, 15) is 30.8 Å². The molecule has 1 fully saturated rings. The number of piperazine rings is 1. The van der Waals surface area contributed by atoms with Gasteiger partial charge in [-0.3, -0.25) is 0 Å². The molecule has 3 rings (SSSR count). The van der Waals surface area contributed by atoms with Crippen LogP contribution < -0.4 is 5.32 Å². The van der Waals surface area contributed by atoms with Crippen LogP contribution in [0.5, 0.6) is 0 Å². The zero-order valence-electron chi connectivity index (χ0n) is 15.3. The standard InChI is InChI=1S/C18H16ClF4N3O3S/c19-16-6-5-14(11-15(16)18(21,22)23)30(28,29)26-9-7-25(8-10-26)17(27)24-13-3-1-12(20)2-4-13/h1-6,11H,7-10H2,(H,24,27). The van der Waals surface area contributed by atoms with E-state index >= 15 is 0 Å². The Morgan fingerprint density at radius 2 is 1.60 bits per heavy atom. The monoisotopic (exact) mass is 465 g/mol. The number of carbonyl (C=O) groups is 1. The molecule has 1 saturated heterocycles. The van der Waals surface area contributed by atoms with Crippen LogP contribution in [0.15, 0.2) is 47.4 Å². The van der Waals surface area contributed by atoms with E-state index in [0.717, 1.165) is 16.4 Å². The van der Waals surface area contributed by atoms with Crippen LogP contribution in [0.3, 0.4) is 0 Å². The summed E-state index contributed by atoms with van der Waals surface area (Å²) in [5.41, 5.74) is -0.861. The van der Waals surface area contributed by atoms with Crippen LogP contribution in [0.1, 0.15) is 5.56 Å². The maximum Gasteiger partial charge on any atom is 0.417 e. The third-order valence-corrected chi connectivity index (χ3v) is 6.73. The van der Waals surface area contributed by atoms with E-state index in [2.05, 4.69) is 5.32 Å². The van der Waals surface area contributed by atoms with Crippen molar-refractivity contribution in [2.75, 3.05) is 31.5 Å². The van der Waals surface area contributed by atoms with Gasteiger partial charge in [-0.05, 0) is 42.5 Å². The van der Waals surface area contributed by atoms with Crippen molar-refractivity contribution in [3.8, 4) is 0 Å². The maximum absolute atomic E-state index is 13.0. The number of carbonyl (C=O) groups excluding carboxylic acids is 1. The van der Waals surface area contributed by atoms with Gasteiger partial charge in [0.2, 0.25) is 10.0 Å². The molecule has 0 saturated carbocycles. The second-order valence-corrected chi connectivity index (χ2v) is 8.81. The minimum Gasteiger partial charge on any atom is -0.322 e. The molecule has 0 aliphatic carbocycles. The molecule has 162 valence electrons. The molecule has 6 nitrogen and oxygen atoms in total. The highest BCUT2D eigenvalue weighted by Gasteiger charge is 2.36. The van der Waals surface area contributed by atoms with Crippen LogP contribution in [-0.4, -0.2) is 49.8 Å². The third kappa shape index (κ3) is 4.85. The van der Waals surface area contributed by atoms with Crippen LogP contribution >= 0.6 is 11.6 Å². The lowest BCUT2D eigenvalue weighted by atomic mass is 10.2. The summed E-state index contributed by atoms with van der Waals surface area (Å²) in [7, 11) is -4.20. The van der Waals surface area contributed by atoms with Crippen molar-refractivity contribution in [2.45, 2.75) is 11.1 Å². The van der Waals surface area contributed by atoms with E-state index in [-0.39, 0.29) is 26.2 Å². The molecule has 12 heteroatoms. The number of halogens is 5. The molecule has 2 aromatic rings. The van der Waals surface area contributed by atoms with Crippen LogP contribution in [0.25, 0.3) is 0 Å². The fourth-order valence-electron chi connectivity index (χ4n) is 2.90. The van der Waals surface area contributed by atoms with E-state index in [1.54, 1.807) is 0 Å². The van der Waals surface area contributed by atoms with Gasteiger partial charge in [-0.1, -0.05) is 11.6 Å². The first kappa shape index (κ1) is 22.3. The van der Waals surface area contributed by atoms with Gasteiger partial charge in [0.1, 0.15) is 5.82 Å². The molecule has 1 heterocycles. The quantitative estimate of drug-likeness (QED) is 0.696. The summed E-state index contributed by atoms with van der Waals surface area (Å²) in [6.07, 6.45) is -4.79. The molecule has 2 aromatic carbocycles. The summed E-state index contributed by atoms with van der Waals surface area (Å²) in [5.74, 6) is -0.456. The first-order chi connectivity index (χ1) is 14.0. The van der Waals surface area contributed by atoms with Crippen molar-refractivity contribution in [2.24, 2.45) is 0 Å². The number of nitrogens with one attached hydrogen (secondary N) is 1. The number of hydrogen-bond acceptors (Lipinski definition) is 3. The molecular formula is C18H16ClF4N3O3S. The molecule has 0 radical (unpaired) electrons. The van der Waals surface area contributed by atoms with Crippen molar-refractivity contribution < 1.29 is 30.8 Å². The van der Waals surface area contributed by atoms with Crippen LogP contribution in [-0.2, 0) is 16.2 Å². The summed E-state index contributed by atoms with van der Waals surface area (Å²) in [4.78, 5) is 13.1. The zero-order valence-corrected chi connectivity index (χ0v) is 16.9. The Kier molecular flexibility index (Phi) is 6.25. The number of hydrogen-bond donors (Lipinski definition) is 1. The first-order valence-corrected chi connectivity index (χ1v) is 10.5. The highest BCUT2D eigenvalue weighted by atomic mass is 35.5. The molecule has 1 N–H and O–H groups in total. The number of alkyl halides is 3. The number of benzene rings is 2. The zero-order chi connectivity index (χ0) is 22.1. The molecule has 1 aliphatic rings. The highest BCUT2D eigenvalue weighted by molar-refractivity contribution is 7.89. The van der Waals surface area contributed by atoms with Crippen LogP contribution in [0.2, 0.25) is 5.02 Å². The van der Waals surface area contributed by atoms with Gasteiger partial charge in [-0.15, -0.1) is 0 Å². The SMILES string of the molecule is O=C(Nc1ccc(F)cc1)N1CCN(S(=O)(=O)c2ccc(Cl)c(C(F)(F)F)c2)CC1. The maximum atomic E-state index is 13.0. The summed E-state index contributed by atoms with van der Waals surface area (Å²) in [5, 5.41) is 1.97. The molecular weight excluding hydrogens is 450 g/mol. The van der Waals surface area contributed by atoms with Crippen molar-refractivity contribution in [3.05, 3.63) is 58.9 Å². The van der Waals surface area contributed by atoms with Crippen molar-refractivity contribution in [3.63, 3.8) is 0 Å². The third-order valence-electron chi connectivity index (χ3n) is 4.50. The highest BCUT2D eigenvalue weighted by Crippen LogP contribution is 2.36. The number of rotatable bonds is 3. The number of nitrogens with zero attached hydrogens (tertiary/aromatic N) is 2. The molecule has 0 bridgehead atoms. The molecule has 30 heavy (non-hydrogen) atoms. The fourth-order valence-corrected chi connectivity index (χ4v) is 4.57. The lowest BCUT2D eigenvalue weighted by molar-refractivity contribution is -0.137. The van der Waals surface area contributed by atoms with Crippen molar-refractivity contribution in [1.82, 2.24) is 9.21 Å². The van der Waals surface area contributed by atoms with Gasteiger partial charge in [0.05, 0.1) is 15.5 Å². The fraction of sp³-hybridized carbons (Fsp3) is 0.278. The van der Waals surface area contributed by atoms with Gasteiger partial charge in [-0.2, -0.15) is 17.5 Å². The van der Waals surface area contributed by atoms with Gasteiger partial charge in [0.25, 0.3) is 0 Å². The normalized spacial score (nSPS) is 15.8. The number of sulfonamides is 1. The number of anilines is 1. The van der Waals surface area contributed by atoms with Gasteiger partial charge in [0.15, 0.2) is 0 Å². The Labute approximate surface area is 175 Å². The average molecular weight is 466 g/mol. The molecule has 0 spiro atoms. The Hall–Kier alpha value is -2.37. The van der Waals surface area contributed by atoms with Crippen molar-refractivity contribution >= 4 is 33.3 Å². The minimum absolute atomic E-state index is 0.0337. The Morgan fingerprint density at radius 3 is 2.17 bits per heavy atom. The summed E-state index contributed by atoms with van der Waals surface area (Å²) in [6, 6.07) is 7.04. The lowest BCUT2D eigenvalue weighted by Crippen LogP contribution is -2.51. The minimum atomic E-state index is -4.79. The van der Waals surface area contributed by atoms with Crippen LogP contribution in [0, 0.1) is 5.82 Å². The molecule has 0 atom stereocenters. The Balaban J connectivity index is 1.68. The van der Waals surface area contributed by atoms with Gasteiger partial charge in [0, 0.05) is 31.9 Å².